The van der Waals surface area contributed by atoms with Crippen LogP contribution in [0.15, 0.2) is 72.8 Å². The number of piperidine rings is 1. The van der Waals surface area contributed by atoms with Gasteiger partial charge in [-0.25, -0.2) is 0 Å². The van der Waals surface area contributed by atoms with Crippen LogP contribution in [-0.2, 0) is 15.1 Å². The maximum atomic E-state index is 11.6. The number of carboxylic acid groups (broad SMARTS) is 1. The van der Waals surface area contributed by atoms with Crippen LogP contribution in [0.3, 0.4) is 0 Å². The van der Waals surface area contributed by atoms with Crippen molar-refractivity contribution in [2.45, 2.75) is 18.4 Å². The van der Waals surface area contributed by atoms with Crippen LogP contribution < -0.4 is 14.2 Å². The Morgan fingerprint density at radius 2 is 1.46 bits per heavy atom. The second-order valence-corrected chi connectivity index (χ2v) is 9.20. The number of benzene rings is 3. The Bertz CT molecular complexity index is 1110. The highest BCUT2D eigenvalue weighted by Crippen LogP contribution is 2.42. The molecule has 1 N–H and O–H groups in total. The number of carboxylic acids is 1. The van der Waals surface area contributed by atoms with E-state index in [0.29, 0.717) is 19.7 Å². The molecule has 4 rings (SSSR count). The van der Waals surface area contributed by atoms with Gasteiger partial charge in [-0.2, -0.15) is 0 Å². The van der Waals surface area contributed by atoms with E-state index in [9.17, 15) is 9.90 Å². The first-order chi connectivity index (χ1) is 18.0. The summed E-state index contributed by atoms with van der Waals surface area (Å²) in [6.07, 6.45) is 1.59. The first-order valence-electron chi connectivity index (χ1n) is 12.5. The molecule has 0 aliphatic carbocycles. The van der Waals surface area contributed by atoms with E-state index >= 15 is 0 Å². The number of aliphatic carboxylic acids is 1. The summed E-state index contributed by atoms with van der Waals surface area (Å²) < 4.78 is 23.3. The second-order valence-electron chi connectivity index (χ2n) is 9.20. The predicted molar refractivity (Wildman–Crippen MR) is 142 cm³/mol. The number of hydrogen-bond donors (Lipinski definition) is 1. The Labute approximate surface area is 218 Å². The molecule has 3 aromatic rings. The first kappa shape index (κ1) is 26.5. The summed E-state index contributed by atoms with van der Waals surface area (Å²) in [4.78, 5) is 13.7. The van der Waals surface area contributed by atoms with Gasteiger partial charge in [-0.1, -0.05) is 36.4 Å². The number of nitrogens with zero attached hydrogens (tertiary/aromatic N) is 1. The molecule has 1 fully saturated rings. The molecule has 0 saturated carbocycles. The molecule has 1 heterocycles. The van der Waals surface area contributed by atoms with E-state index in [1.807, 2.05) is 72.8 Å². The van der Waals surface area contributed by atoms with Gasteiger partial charge in [-0.3, -0.25) is 4.79 Å². The summed E-state index contributed by atoms with van der Waals surface area (Å²) in [5.74, 6) is 1.18. The van der Waals surface area contributed by atoms with Crippen LogP contribution in [0.5, 0.6) is 17.2 Å². The van der Waals surface area contributed by atoms with Crippen molar-refractivity contribution in [3.05, 3.63) is 89.5 Å². The number of methoxy groups -OCH3 is 3. The van der Waals surface area contributed by atoms with E-state index in [4.69, 9.17) is 18.9 Å². The van der Waals surface area contributed by atoms with Gasteiger partial charge in [0.05, 0.1) is 33.9 Å². The number of ether oxygens (including phenoxy) is 4. The fraction of sp³-hybridized carbons (Fsp3) is 0.367. The summed E-state index contributed by atoms with van der Waals surface area (Å²) in [5, 5.41) is 9.50. The van der Waals surface area contributed by atoms with E-state index in [1.165, 1.54) is 0 Å². The fourth-order valence-electron chi connectivity index (χ4n) is 5.03. The predicted octanol–water partition coefficient (Wildman–Crippen LogP) is 4.82. The number of carbonyl (C=O) groups is 1. The van der Waals surface area contributed by atoms with E-state index in [1.54, 1.807) is 21.3 Å². The van der Waals surface area contributed by atoms with E-state index in [2.05, 4.69) is 4.90 Å². The van der Waals surface area contributed by atoms with E-state index < -0.39 is 11.6 Å². The maximum absolute atomic E-state index is 11.6. The SMILES string of the molecule is COc1ccc(C(OCCN2CCC[C@H](C(=O)O)C2)(c2ccc(OC)cc2)c2cccc(OC)c2)cc1. The molecule has 37 heavy (non-hydrogen) atoms. The monoisotopic (exact) mass is 505 g/mol. The third-order valence-corrected chi connectivity index (χ3v) is 7.05. The summed E-state index contributed by atoms with van der Waals surface area (Å²) >= 11 is 0. The molecule has 3 aromatic carbocycles. The number of likely N-dealkylation sites (tertiary alicyclic amines) is 1. The average Bonchev–Trinajstić information content (AvgIpc) is 2.96. The van der Waals surface area contributed by atoms with E-state index in [-0.39, 0.29) is 5.92 Å². The number of hydrogen-bond acceptors (Lipinski definition) is 6. The van der Waals surface area contributed by atoms with Crippen molar-refractivity contribution in [3.8, 4) is 17.2 Å². The molecule has 1 aliphatic rings. The highest BCUT2D eigenvalue weighted by Gasteiger charge is 2.38. The van der Waals surface area contributed by atoms with Gasteiger partial charge in [-0.05, 0) is 72.5 Å². The van der Waals surface area contributed by atoms with Crippen molar-refractivity contribution in [1.82, 2.24) is 4.90 Å². The zero-order valence-corrected chi connectivity index (χ0v) is 21.7. The number of rotatable bonds is 11. The van der Waals surface area contributed by atoms with Gasteiger partial charge < -0.3 is 29.0 Å². The summed E-state index contributed by atoms with van der Waals surface area (Å²) in [6.45, 7) is 2.43. The average molecular weight is 506 g/mol. The third kappa shape index (κ3) is 5.89. The quantitative estimate of drug-likeness (QED) is 0.375. The van der Waals surface area contributed by atoms with Crippen molar-refractivity contribution in [1.29, 1.82) is 0 Å². The molecule has 7 nitrogen and oxygen atoms in total. The Morgan fingerprint density at radius 1 is 0.865 bits per heavy atom. The van der Waals surface area contributed by atoms with Crippen LogP contribution in [0.1, 0.15) is 29.5 Å². The zero-order chi connectivity index (χ0) is 26.3. The molecule has 0 spiro atoms. The maximum Gasteiger partial charge on any atom is 0.307 e. The normalized spacial score (nSPS) is 16.2. The smallest absolute Gasteiger partial charge is 0.307 e. The molecule has 196 valence electrons. The van der Waals surface area contributed by atoms with Gasteiger partial charge in [-0.15, -0.1) is 0 Å². The van der Waals surface area contributed by atoms with E-state index in [0.717, 1.165) is 53.3 Å². The Balaban J connectivity index is 1.76. The van der Waals surface area contributed by atoms with Gasteiger partial charge in [0, 0.05) is 13.1 Å². The minimum atomic E-state index is -0.949. The molecule has 0 amide bonds. The molecule has 7 heteroatoms. The van der Waals surface area contributed by atoms with Gasteiger partial charge in [0.25, 0.3) is 0 Å². The molecule has 1 saturated heterocycles. The Morgan fingerprint density at radius 3 is 2.00 bits per heavy atom. The summed E-state index contributed by atoms with van der Waals surface area (Å²) in [7, 11) is 4.94. The van der Waals surface area contributed by atoms with Crippen molar-refractivity contribution < 1.29 is 28.8 Å². The lowest BCUT2D eigenvalue weighted by molar-refractivity contribution is -0.143. The molecule has 0 unspecified atom stereocenters. The minimum Gasteiger partial charge on any atom is -0.497 e. The van der Waals surface area contributed by atoms with Crippen molar-refractivity contribution in [2.24, 2.45) is 5.92 Å². The zero-order valence-electron chi connectivity index (χ0n) is 21.7. The fourth-order valence-corrected chi connectivity index (χ4v) is 5.03. The minimum absolute atomic E-state index is 0.333. The van der Waals surface area contributed by atoms with Crippen LogP contribution in [0.4, 0.5) is 0 Å². The molecular formula is C30H35NO6. The Kier molecular flexibility index (Phi) is 8.69. The lowest BCUT2D eigenvalue weighted by Crippen LogP contribution is -2.42. The van der Waals surface area contributed by atoms with Gasteiger partial charge in [0.1, 0.15) is 22.8 Å². The highest BCUT2D eigenvalue weighted by atomic mass is 16.5. The molecule has 0 aromatic heterocycles. The third-order valence-electron chi connectivity index (χ3n) is 7.05. The Hall–Kier alpha value is -3.55. The standard InChI is InChI=1S/C30H35NO6/c1-34-26-13-9-23(10-14-26)30(24-11-15-27(35-2)16-12-24,25-7-4-8-28(20-25)36-3)37-19-18-31-17-5-6-22(21-31)29(32)33/h4,7-16,20,22H,5-6,17-19,21H2,1-3H3,(H,32,33)/t22-/m0/s1. The summed E-state index contributed by atoms with van der Waals surface area (Å²) in [5.41, 5.74) is 1.85. The van der Waals surface area contributed by atoms with Crippen LogP contribution >= 0.6 is 0 Å². The second kappa shape index (κ2) is 12.1. The van der Waals surface area contributed by atoms with Crippen LogP contribution in [-0.4, -0.2) is 63.5 Å². The van der Waals surface area contributed by atoms with Crippen LogP contribution in [0.2, 0.25) is 0 Å². The van der Waals surface area contributed by atoms with Crippen molar-refractivity contribution >= 4 is 5.97 Å². The topological polar surface area (TPSA) is 77.5 Å². The lowest BCUT2D eigenvalue weighted by Gasteiger charge is -2.37. The van der Waals surface area contributed by atoms with Crippen molar-refractivity contribution in [2.75, 3.05) is 47.6 Å². The molecule has 1 atom stereocenters. The lowest BCUT2D eigenvalue weighted by atomic mass is 9.80. The highest BCUT2D eigenvalue weighted by molar-refractivity contribution is 5.70. The van der Waals surface area contributed by atoms with Gasteiger partial charge in [0.2, 0.25) is 0 Å². The molecule has 1 aliphatic heterocycles. The van der Waals surface area contributed by atoms with Crippen LogP contribution in [0, 0.1) is 5.92 Å². The largest absolute Gasteiger partial charge is 0.497 e. The van der Waals surface area contributed by atoms with Crippen LogP contribution in [0.25, 0.3) is 0 Å². The first-order valence-corrected chi connectivity index (χ1v) is 12.5. The molecule has 0 bridgehead atoms. The molecular weight excluding hydrogens is 470 g/mol. The van der Waals surface area contributed by atoms with Gasteiger partial charge >= 0.3 is 5.97 Å². The van der Waals surface area contributed by atoms with Gasteiger partial charge in [0.15, 0.2) is 0 Å². The van der Waals surface area contributed by atoms with Crippen molar-refractivity contribution in [3.63, 3.8) is 0 Å². The summed E-state index contributed by atoms with van der Waals surface area (Å²) in [6, 6.07) is 23.7. The molecule has 0 radical (unpaired) electrons.